The maximum Gasteiger partial charge on any atom is 0.319 e. The molecule has 0 fully saturated rings. The summed E-state index contributed by atoms with van der Waals surface area (Å²) in [6.07, 6.45) is 8.01. The van der Waals surface area contributed by atoms with Crippen molar-refractivity contribution in [1.29, 1.82) is 0 Å². The van der Waals surface area contributed by atoms with Crippen molar-refractivity contribution in [3.8, 4) is 0 Å². The minimum atomic E-state index is -0.345. The second-order valence-electron chi connectivity index (χ2n) is 5.57. The largest absolute Gasteiger partial charge is 0.467 e. The minimum Gasteiger partial charge on any atom is -0.467 e. The van der Waals surface area contributed by atoms with Crippen LogP contribution in [0.2, 0.25) is 0 Å². The molecular formula is C20H18N4O3. The van der Waals surface area contributed by atoms with Crippen LogP contribution < -0.4 is 16.0 Å². The van der Waals surface area contributed by atoms with Crippen LogP contribution in [0.3, 0.4) is 0 Å². The number of anilines is 2. The average Bonchev–Trinajstić information content (AvgIpc) is 3.21. The SMILES string of the molecule is O=C(/C=C/c1cccnc1)Nc1ccc(NC(=O)NCc2ccco2)cc1. The molecule has 2 heterocycles. The minimum absolute atomic E-state index is 0.254. The highest BCUT2D eigenvalue weighted by atomic mass is 16.3. The molecule has 3 N–H and O–H groups in total. The second kappa shape index (κ2) is 9.00. The van der Waals surface area contributed by atoms with Crippen LogP contribution in [0.5, 0.6) is 0 Å². The summed E-state index contributed by atoms with van der Waals surface area (Å²) >= 11 is 0. The van der Waals surface area contributed by atoms with E-state index in [9.17, 15) is 9.59 Å². The number of amides is 3. The normalized spacial score (nSPS) is 10.5. The molecule has 3 amide bonds. The van der Waals surface area contributed by atoms with Crippen LogP contribution in [0.25, 0.3) is 6.08 Å². The fourth-order valence-electron chi connectivity index (χ4n) is 2.22. The van der Waals surface area contributed by atoms with Crippen LogP contribution in [-0.4, -0.2) is 16.9 Å². The second-order valence-corrected chi connectivity index (χ2v) is 5.57. The standard InChI is InChI=1S/C20H18N4O3/c25-19(10-5-15-3-1-11-21-13-15)23-16-6-8-17(9-7-16)24-20(26)22-14-18-4-2-12-27-18/h1-13H,14H2,(H,23,25)(H2,22,24,26)/b10-5+. The summed E-state index contributed by atoms with van der Waals surface area (Å²) in [6.45, 7) is 0.302. The monoisotopic (exact) mass is 362 g/mol. The fraction of sp³-hybridized carbons (Fsp3) is 0.0500. The Bertz CT molecular complexity index is 904. The highest BCUT2D eigenvalue weighted by Crippen LogP contribution is 2.14. The third-order valence-corrected chi connectivity index (χ3v) is 3.53. The van der Waals surface area contributed by atoms with Gasteiger partial charge in [0.15, 0.2) is 0 Å². The van der Waals surface area contributed by atoms with Gasteiger partial charge in [-0.05, 0) is 54.1 Å². The molecule has 0 unspecified atom stereocenters. The summed E-state index contributed by atoms with van der Waals surface area (Å²) in [5.74, 6) is 0.415. The van der Waals surface area contributed by atoms with Crippen molar-refractivity contribution in [1.82, 2.24) is 10.3 Å². The van der Waals surface area contributed by atoms with Crippen molar-refractivity contribution in [2.24, 2.45) is 0 Å². The van der Waals surface area contributed by atoms with Crippen LogP contribution >= 0.6 is 0 Å². The zero-order valence-corrected chi connectivity index (χ0v) is 14.4. The van der Waals surface area contributed by atoms with Crippen molar-refractivity contribution in [2.75, 3.05) is 10.6 Å². The number of carbonyl (C=O) groups is 2. The lowest BCUT2D eigenvalue weighted by molar-refractivity contribution is -0.111. The number of nitrogens with zero attached hydrogens (tertiary/aromatic N) is 1. The van der Waals surface area contributed by atoms with Gasteiger partial charge in [0.1, 0.15) is 5.76 Å². The van der Waals surface area contributed by atoms with Crippen LogP contribution in [0.4, 0.5) is 16.2 Å². The van der Waals surface area contributed by atoms with Crippen LogP contribution in [0.15, 0.2) is 77.7 Å². The summed E-state index contributed by atoms with van der Waals surface area (Å²) < 4.78 is 5.14. The topological polar surface area (TPSA) is 96.3 Å². The molecule has 0 bridgehead atoms. The number of carbonyl (C=O) groups excluding carboxylic acids is 2. The summed E-state index contributed by atoms with van der Waals surface area (Å²) in [5.41, 5.74) is 2.07. The molecular weight excluding hydrogens is 344 g/mol. The number of furan rings is 1. The Balaban J connectivity index is 1.47. The highest BCUT2D eigenvalue weighted by Gasteiger charge is 2.04. The molecule has 3 aromatic rings. The van der Waals surface area contributed by atoms with Crippen molar-refractivity contribution >= 4 is 29.4 Å². The van der Waals surface area contributed by atoms with Crippen LogP contribution in [-0.2, 0) is 11.3 Å². The molecule has 1 aromatic carbocycles. The lowest BCUT2D eigenvalue weighted by atomic mass is 10.2. The molecule has 7 heteroatoms. The third kappa shape index (κ3) is 5.86. The Hall–Kier alpha value is -3.87. The van der Waals surface area contributed by atoms with E-state index in [0.29, 0.717) is 23.7 Å². The predicted octanol–water partition coefficient (Wildman–Crippen LogP) is 3.65. The lowest BCUT2D eigenvalue weighted by Crippen LogP contribution is -2.27. The van der Waals surface area contributed by atoms with Gasteiger partial charge < -0.3 is 20.4 Å². The number of hydrogen-bond acceptors (Lipinski definition) is 4. The molecule has 0 aliphatic carbocycles. The first-order chi connectivity index (χ1) is 13.2. The van der Waals surface area contributed by atoms with Gasteiger partial charge in [-0.15, -0.1) is 0 Å². The average molecular weight is 362 g/mol. The zero-order valence-electron chi connectivity index (χ0n) is 14.4. The highest BCUT2D eigenvalue weighted by molar-refractivity contribution is 6.02. The first-order valence-electron chi connectivity index (χ1n) is 8.25. The quantitative estimate of drug-likeness (QED) is 0.583. The molecule has 0 atom stereocenters. The van der Waals surface area contributed by atoms with Gasteiger partial charge in [-0.3, -0.25) is 9.78 Å². The lowest BCUT2D eigenvalue weighted by Gasteiger charge is -2.08. The molecule has 2 aromatic heterocycles. The van der Waals surface area contributed by atoms with E-state index in [-0.39, 0.29) is 11.9 Å². The number of rotatable bonds is 6. The first-order valence-corrected chi connectivity index (χ1v) is 8.25. The maximum atomic E-state index is 11.9. The van der Waals surface area contributed by atoms with Crippen molar-refractivity contribution in [2.45, 2.75) is 6.54 Å². The molecule has 7 nitrogen and oxygen atoms in total. The Morgan fingerprint density at radius 2 is 1.78 bits per heavy atom. The number of hydrogen-bond donors (Lipinski definition) is 3. The Kier molecular flexibility index (Phi) is 5.98. The van der Waals surface area contributed by atoms with Gasteiger partial charge in [0, 0.05) is 29.8 Å². The Labute approximate surface area is 156 Å². The molecule has 0 spiro atoms. The molecule has 0 aliphatic heterocycles. The van der Waals surface area contributed by atoms with Gasteiger partial charge in [0.25, 0.3) is 0 Å². The van der Waals surface area contributed by atoms with Gasteiger partial charge in [-0.1, -0.05) is 6.07 Å². The van der Waals surface area contributed by atoms with E-state index < -0.39 is 0 Å². The molecule has 0 saturated heterocycles. The molecule has 0 saturated carbocycles. The van der Waals surface area contributed by atoms with Gasteiger partial charge >= 0.3 is 6.03 Å². The van der Waals surface area contributed by atoms with Gasteiger partial charge in [-0.2, -0.15) is 0 Å². The van der Waals surface area contributed by atoms with E-state index in [1.165, 1.54) is 6.08 Å². The number of nitrogens with one attached hydrogen (secondary N) is 3. The van der Waals surface area contributed by atoms with Crippen molar-refractivity contribution in [3.05, 3.63) is 84.6 Å². The summed E-state index contributed by atoms with van der Waals surface area (Å²) in [4.78, 5) is 27.8. The van der Waals surface area contributed by atoms with Gasteiger partial charge in [-0.25, -0.2) is 4.79 Å². The number of benzene rings is 1. The fourth-order valence-corrected chi connectivity index (χ4v) is 2.22. The molecule has 3 rings (SSSR count). The van der Waals surface area contributed by atoms with Crippen molar-refractivity contribution < 1.29 is 14.0 Å². The maximum absolute atomic E-state index is 11.9. The van der Waals surface area contributed by atoms with E-state index in [2.05, 4.69) is 20.9 Å². The number of urea groups is 1. The van der Waals surface area contributed by atoms with Crippen LogP contribution in [0, 0.1) is 0 Å². The molecule has 27 heavy (non-hydrogen) atoms. The predicted molar refractivity (Wildman–Crippen MR) is 103 cm³/mol. The van der Waals surface area contributed by atoms with E-state index >= 15 is 0 Å². The Morgan fingerprint density at radius 1 is 1.00 bits per heavy atom. The molecule has 0 aliphatic rings. The van der Waals surface area contributed by atoms with Crippen LogP contribution in [0.1, 0.15) is 11.3 Å². The van der Waals surface area contributed by atoms with Crippen molar-refractivity contribution in [3.63, 3.8) is 0 Å². The molecule has 136 valence electrons. The summed E-state index contributed by atoms with van der Waals surface area (Å²) in [5, 5.41) is 8.14. The number of aromatic nitrogens is 1. The van der Waals surface area contributed by atoms with E-state index in [4.69, 9.17) is 4.42 Å². The van der Waals surface area contributed by atoms with E-state index in [1.807, 2.05) is 6.07 Å². The Morgan fingerprint density at radius 3 is 2.44 bits per heavy atom. The number of pyridine rings is 1. The third-order valence-electron chi connectivity index (χ3n) is 3.53. The smallest absolute Gasteiger partial charge is 0.319 e. The first kappa shape index (κ1) is 17.9. The van der Waals surface area contributed by atoms with Gasteiger partial charge in [0.05, 0.1) is 12.8 Å². The summed E-state index contributed by atoms with van der Waals surface area (Å²) in [7, 11) is 0. The van der Waals surface area contributed by atoms with Gasteiger partial charge in [0.2, 0.25) is 5.91 Å². The zero-order chi connectivity index (χ0) is 18.9. The van der Waals surface area contributed by atoms with E-state index in [1.54, 1.807) is 67.2 Å². The van der Waals surface area contributed by atoms with E-state index in [0.717, 1.165) is 5.56 Å². The summed E-state index contributed by atoms with van der Waals surface area (Å²) in [6, 6.07) is 13.7. The molecule has 0 radical (unpaired) electrons.